The Kier molecular flexibility index (Phi) is 5.66. The third-order valence-corrected chi connectivity index (χ3v) is 5.36. The Morgan fingerprint density at radius 2 is 1.63 bits per heavy atom. The third-order valence-electron chi connectivity index (χ3n) is 5.36. The van der Waals surface area contributed by atoms with Gasteiger partial charge in [0, 0.05) is 63.8 Å². The number of imidazole rings is 1. The number of piperazine rings is 1. The molecule has 1 aliphatic rings. The van der Waals surface area contributed by atoms with E-state index in [0.29, 0.717) is 0 Å². The molecule has 4 heteroatoms. The standard InChI is InChI=1S/C23H28N4/c1-20-6-5-7-21(18-20)19-26-14-12-25(13-15-26)16-17-27-11-10-24-23(27)22-8-3-2-4-9-22/h2-11,18H,12-17,19H2,1H3. The fourth-order valence-corrected chi connectivity index (χ4v) is 3.83. The molecule has 140 valence electrons. The van der Waals surface area contributed by atoms with Gasteiger partial charge in [-0.15, -0.1) is 0 Å². The first-order chi connectivity index (χ1) is 13.3. The Hall–Kier alpha value is -2.43. The van der Waals surface area contributed by atoms with Crippen molar-refractivity contribution >= 4 is 0 Å². The van der Waals surface area contributed by atoms with Crippen LogP contribution in [0, 0.1) is 6.92 Å². The number of rotatable bonds is 6. The highest BCUT2D eigenvalue weighted by Crippen LogP contribution is 2.17. The Labute approximate surface area is 162 Å². The number of aromatic nitrogens is 2. The van der Waals surface area contributed by atoms with Crippen molar-refractivity contribution < 1.29 is 0 Å². The van der Waals surface area contributed by atoms with Crippen LogP contribution >= 0.6 is 0 Å². The van der Waals surface area contributed by atoms with Crippen LogP contribution in [0.4, 0.5) is 0 Å². The summed E-state index contributed by atoms with van der Waals surface area (Å²) < 4.78 is 2.27. The maximum atomic E-state index is 4.55. The summed E-state index contributed by atoms with van der Waals surface area (Å²) in [5, 5.41) is 0. The molecular formula is C23H28N4. The van der Waals surface area contributed by atoms with Crippen LogP contribution in [0.15, 0.2) is 67.0 Å². The van der Waals surface area contributed by atoms with Crippen molar-refractivity contribution in [3.05, 3.63) is 78.1 Å². The van der Waals surface area contributed by atoms with Gasteiger partial charge in [0.1, 0.15) is 5.82 Å². The van der Waals surface area contributed by atoms with E-state index in [1.165, 1.54) is 16.7 Å². The molecule has 2 aromatic carbocycles. The van der Waals surface area contributed by atoms with E-state index in [9.17, 15) is 0 Å². The van der Waals surface area contributed by atoms with Crippen molar-refractivity contribution in [2.24, 2.45) is 0 Å². The minimum atomic E-state index is 0.988. The van der Waals surface area contributed by atoms with Gasteiger partial charge < -0.3 is 4.57 Å². The van der Waals surface area contributed by atoms with Crippen LogP contribution in [0.25, 0.3) is 11.4 Å². The van der Waals surface area contributed by atoms with Crippen LogP contribution in [-0.4, -0.2) is 52.1 Å². The van der Waals surface area contributed by atoms with Crippen LogP contribution in [0.5, 0.6) is 0 Å². The Morgan fingerprint density at radius 1 is 0.852 bits per heavy atom. The highest BCUT2D eigenvalue weighted by atomic mass is 15.3. The molecule has 0 unspecified atom stereocenters. The van der Waals surface area contributed by atoms with Crippen molar-refractivity contribution in [2.75, 3.05) is 32.7 Å². The van der Waals surface area contributed by atoms with E-state index < -0.39 is 0 Å². The number of nitrogens with zero attached hydrogens (tertiary/aromatic N) is 4. The molecule has 0 aliphatic carbocycles. The van der Waals surface area contributed by atoms with Crippen LogP contribution in [0.1, 0.15) is 11.1 Å². The summed E-state index contributed by atoms with van der Waals surface area (Å²) in [6.45, 7) is 9.86. The highest BCUT2D eigenvalue weighted by molar-refractivity contribution is 5.55. The molecule has 0 radical (unpaired) electrons. The molecule has 27 heavy (non-hydrogen) atoms. The van der Waals surface area contributed by atoms with Gasteiger partial charge in [0.2, 0.25) is 0 Å². The predicted molar refractivity (Wildman–Crippen MR) is 111 cm³/mol. The lowest BCUT2D eigenvalue weighted by Gasteiger charge is -2.34. The molecule has 0 atom stereocenters. The molecular weight excluding hydrogens is 332 g/mol. The topological polar surface area (TPSA) is 24.3 Å². The van der Waals surface area contributed by atoms with E-state index in [-0.39, 0.29) is 0 Å². The van der Waals surface area contributed by atoms with Gasteiger partial charge >= 0.3 is 0 Å². The summed E-state index contributed by atoms with van der Waals surface area (Å²) in [5.41, 5.74) is 3.96. The average molecular weight is 361 g/mol. The minimum Gasteiger partial charge on any atom is -0.330 e. The molecule has 0 spiro atoms. The first-order valence-corrected chi connectivity index (χ1v) is 9.85. The van der Waals surface area contributed by atoms with E-state index >= 15 is 0 Å². The van der Waals surface area contributed by atoms with Gasteiger partial charge in [0.15, 0.2) is 0 Å². The van der Waals surface area contributed by atoms with E-state index in [1.54, 1.807) is 0 Å². The zero-order valence-corrected chi connectivity index (χ0v) is 16.1. The van der Waals surface area contributed by atoms with Gasteiger partial charge in [-0.2, -0.15) is 0 Å². The monoisotopic (exact) mass is 360 g/mol. The maximum Gasteiger partial charge on any atom is 0.139 e. The molecule has 1 aromatic heterocycles. The summed E-state index contributed by atoms with van der Waals surface area (Å²) in [4.78, 5) is 9.69. The van der Waals surface area contributed by atoms with Crippen molar-refractivity contribution in [1.82, 2.24) is 19.4 Å². The second kappa shape index (κ2) is 8.51. The van der Waals surface area contributed by atoms with Gasteiger partial charge in [-0.05, 0) is 12.5 Å². The first-order valence-electron chi connectivity index (χ1n) is 9.85. The second-order valence-electron chi connectivity index (χ2n) is 7.42. The maximum absolute atomic E-state index is 4.55. The molecule has 0 amide bonds. The molecule has 0 bridgehead atoms. The van der Waals surface area contributed by atoms with Gasteiger partial charge in [-0.25, -0.2) is 4.98 Å². The fraction of sp³-hybridized carbons (Fsp3) is 0.348. The first kappa shape index (κ1) is 18.0. The molecule has 3 aromatic rings. The number of aryl methyl sites for hydroxylation is 1. The molecule has 1 aliphatic heterocycles. The lowest BCUT2D eigenvalue weighted by molar-refractivity contribution is 0.124. The number of benzene rings is 2. The molecule has 0 N–H and O–H groups in total. The smallest absolute Gasteiger partial charge is 0.139 e. The van der Waals surface area contributed by atoms with E-state index in [2.05, 4.69) is 81.0 Å². The van der Waals surface area contributed by atoms with Crippen LogP contribution < -0.4 is 0 Å². The van der Waals surface area contributed by atoms with Gasteiger partial charge in [0.05, 0.1) is 0 Å². The lowest BCUT2D eigenvalue weighted by Crippen LogP contribution is -2.46. The largest absolute Gasteiger partial charge is 0.330 e. The second-order valence-corrected chi connectivity index (χ2v) is 7.42. The summed E-state index contributed by atoms with van der Waals surface area (Å²) in [5.74, 6) is 1.06. The average Bonchev–Trinajstić information content (AvgIpc) is 3.17. The van der Waals surface area contributed by atoms with E-state index in [1.807, 2.05) is 12.3 Å². The van der Waals surface area contributed by atoms with Crippen molar-refractivity contribution in [3.63, 3.8) is 0 Å². The molecule has 4 rings (SSSR count). The fourth-order valence-electron chi connectivity index (χ4n) is 3.83. The van der Waals surface area contributed by atoms with Gasteiger partial charge in [-0.1, -0.05) is 60.2 Å². The van der Waals surface area contributed by atoms with Gasteiger partial charge in [-0.3, -0.25) is 9.80 Å². The number of hydrogen-bond donors (Lipinski definition) is 0. The van der Waals surface area contributed by atoms with Crippen molar-refractivity contribution in [3.8, 4) is 11.4 Å². The highest BCUT2D eigenvalue weighted by Gasteiger charge is 2.17. The third kappa shape index (κ3) is 4.65. The molecule has 2 heterocycles. The van der Waals surface area contributed by atoms with E-state index in [0.717, 1.165) is 51.6 Å². The lowest BCUT2D eigenvalue weighted by atomic mass is 10.1. The predicted octanol–water partition coefficient (Wildman–Crippen LogP) is 3.68. The van der Waals surface area contributed by atoms with Crippen molar-refractivity contribution in [2.45, 2.75) is 20.0 Å². The molecule has 1 fully saturated rings. The Bertz CT molecular complexity index is 848. The van der Waals surface area contributed by atoms with Gasteiger partial charge in [0.25, 0.3) is 0 Å². The summed E-state index contributed by atoms with van der Waals surface area (Å²) >= 11 is 0. The van der Waals surface area contributed by atoms with Crippen LogP contribution in [0.2, 0.25) is 0 Å². The van der Waals surface area contributed by atoms with E-state index in [4.69, 9.17) is 0 Å². The Balaban J connectivity index is 1.28. The SMILES string of the molecule is Cc1cccc(CN2CCN(CCn3ccnc3-c3ccccc3)CC2)c1. The Morgan fingerprint density at radius 3 is 2.41 bits per heavy atom. The normalized spacial score (nSPS) is 15.9. The summed E-state index contributed by atoms with van der Waals surface area (Å²) in [7, 11) is 0. The van der Waals surface area contributed by atoms with Crippen LogP contribution in [0.3, 0.4) is 0 Å². The van der Waals surface area contributed by atoms with Crippen LogP contribution in [-0.2, 0) is 13.1 Å². The zero-order chi connectivity index (χ0) is 18.5. The minimum absolute atomic E-state index is 0.988. The van der Waals surface area contributed by atoms with Crippen molar-refractivity contribution in [1.29, 1.82) is 0 Å². The zero-order valence-electron chi connectivity index (χ0n) is 16.1. The summed E-state index contributed by atoms with van der Waals surface area (Å²) in [6.07, 6.45) is 4.00. The molecule has 0 saturated carbocycles. The molecule has 1 saturated heterocycles. The quantitative estimate of drug-likeness (QED) is 0.670. The number of hydrogen-bond acceptors (Lipinski definition) is 3. The summed E-state index contributed by atoms with van der Waals surface area (Å²) in [6, 6.07) is 19.3. The molecule has 4 nitrogen and oxygen atoms in total.